The number of rotatable bonds is 8. The number of hydrogen-bond donors (Lipinski definition) is 3. The normalized spacial score (nSPS) is 14.0. The number of fused-ring (bicyclic) bond motifs is 3. The number of carboxylic acid groups (broad SMARTS) is 1. The SMILES string of the molecule is C[C@H](CC(=O)O)NC(=O)C(NC(=O)OCC1c2ccccc2-c2ccccc21)c1cccs1. The average molecular weight is 465 g/mol. The molecule has 1 aliphatic carbocycles. The molecule has 0 radical (unpaired) electrons. The Morgan fingerprint density at radius 3 is 2.18 bits per heavy atom. The number of hydrogen-bond acceptors (Lipinski definition) is 5. The maximum absolute atomic E-state index is 12.8. The average Bonchev–Trinajstić information content (AvgIpc) is 3.42. The van der Waals surface area contributed by atoms with Gasteiger partial charge in [0.15, 0.2) is 0 Å². The van der Waals surface area contributed by atoms with E-state index in [-0.39, 0.29) is 18.9 Å². The summed E-state index contributed by atoms with van der Waals surface area (Å²) in [6, 6.07) is 18.1. The predicted octanol–water partition coefficient (Wildman–Crippen LogP) is 4.31. The lowest BCUT2D eigenvalue weighted by atomic mass is 9.98. The van der Waals surface area contributed by atoms with Crippen LogP contribution in [0, 0.1) is 0 Å². The van der Waals surface area contributed by atoms with Gasteiger partial charge in [-0.2, -0.15) is 0 Å². The summed E-state index contributed by atoms with van der Waals surface area (Å²) in [5.41, 5.74) is 4.46. The first kappa shape index (κ1) is 22.5. The van der Waals surface area contributed by atoms with Gasteiger partial charge in [0.2, 0.25) is 5.91 Å². The number of carboxylic acids is 1. The molecule has 0 spiro atoms. The molecule has 3 aromatic rings. The van der Waals surface area contributed by atoms with Gasteiger partial charge in [0, 0.05) is 16.8 Å². The molecular weight excluding hydrogens is 440 g/mol. The smallest absolute Gasteiger partial charge is 0.408 e. The van der Waals surface area contributed by atoms with Gasteiger partial charge >= 0.3 is 12.1 Å². The van der Waals surface area contributed by atoms with Crippen LogP contribution in [0.4, 0.5) is 4.79 Å². The fraction of sp³-hybridized carbons (Fsp3) is 0.240. The molecule has 2 atom stereocenters. The number of nitrogens with one attached hydrogen (secondary N) is 2. The van der Waals surface area contributed by atoms with Crippen molar-refractivity contribution in [1.82, 2.24) is 10.6 Å². The molecule has 0 bridgehead atoms. The van der Waals surface area contributed by atoms with Crippen molar-refractivity contribution >= 4 is 29.3 Å². The third-order valence-electron chi connectivity index (χ3n) is 5.57. The Morgan fingerprint density at radius 1 is 0.970 bits per heavy atom. The molecule has 2 amide bonds. The Hall–Kier alpha value is -3.65. The summed E-state index contributed by atoms with van der Waals surface area (Å²) < 4.78 is 5.57. The van der Waals surface area contributed by atoms with Gasteiger partial charge < -0.3 is 20.5 Å². The summed E-state index contributed by atoms with van der Waals surface area (Å²) in [6.07, 6.45) is -0.926. The molecule has 33 heavy (non-hydrogen) atoms. The Kier molecular flexibility index (Phi) is 6.74. The molecule has 1 aliphatic rings. The Morgan fingerprint density at radius 2 is 1.61 bits per heavy atom. The summed E-state index contributed by atoms with van der Waals surface area (Å²) >= 11 is 1.32. The first-order valence-corrected chi connectivity index (χ1v) is 11.5. The highest BCUT2D eigenvalue weighted by molar-refractivity contribution is 7.10. The number of aliphatic carboxylic acids is 1. The van der Waals surface area contributed by atoms with E-state index in [1.807, 2.05) is 36.4 Å². The van der Waals surface area contributed by atoms with E-state index in [1.165, 1.54) is 11.3 Å². The molecule has 7 nitrogen and oxygen atoms in total. The minimum atomic E-state index is -1.01. The van der Waals surface area contributed by atoms with Gasteiger partial charge in [0.25, 0.3) is 0 Å². The van der Waals surface area contributed by atoms with E-state index in [4.69, 9.17) is 9.84 Å². The van der Waals surface area contributed by atoms with Crippen molar-refractivity contribution < 1.29 is 24.2 Å². The molecular formula is C25H24N2O5S. The van der Waals surface area contributed by atoms with Crippen LogP contribution >= 0.6 is 11.3 Å². The molecule has 0 aliphatic heterocycles. The summed E-state index contributed by atoms with van der Waals surface area (Å²) in [6.45, 7) is 1.73. The van der Waals surface area contributed by atoms with Crippen LogP contribution in [0.1, 0.15) is 41.3 Å². The van der Waals surface area contributed by atoms with Gasteiger partial charge in [-0.15, -0.1) is 11.3 Å². The van der Waals surface area contributed by atoms with Crippen molar-refractivity contribution in [3.63, 3.8) is 0 Å². The molecule has 1 aromatic heterocycles. The van der Waals surface area contributed by atoms with Crippen molar-refractivity contribution in [1.29, 1.82) is 0 Å². The summed E-state index contributed by atoms with van der Waals surface area (Å²) in [7, 11) is 0. The molecule has 0 saturated carbocycles. The highest BCUT2D eigenvalue weighted by Crippen LogP contribution is 2.44. The number of thiophene rings is 1. The Balaban J connectivity index is 1.44. The van der Waals surface area contributed by atoms with Gasteiger partial charge in [0.1, 0.15) is 12.6 Å². The molecule has 0 fully saturated rings. The van der Waals surface area contributed by atoms with Gasteiger partial charge in [-0.1, -0.05) is 54.6 Å². The van der Waals surface area contributed by atoms with Crippen LogP contribution in [-0.2, 0) is 14.3 Å². The lowest BCUT2D eigenvalue weighted by Crippen LogP contribution is -2.44. The predicted molar refractivity (Wildman–Crippen MR) is 125 cm³/mol. The second-order valence-corrected chi connectivity index (χ2v) is 8.91. The van der Waals surface area contributed by atoms with Crippen molar-refractivity contribution in [2.45, 2.75) is 31.3 Å². The van der Waals surface area contributed by atoms with Gasteiger partial charge in [-0.3, -0.25) is 9.59 Å². The summed E-state index contributed by atoms with van der Waals surface area (Å²) in [4.78, 5) is 37.0. The second-order valence-electron chi connectivity index (χ2n) is 7.93. The fourth-order valence-electron chi connectivity index (χ4n) is 4.12. The van der Waals surface area contributed by atoms with E-state index in [9.17, 15) is 14.4 Å². The largest absolute Gasteiger partial charge is 0.481 e. The van der Waals surface area contributed by atoms with Crippen LogP contribution in [0.2, 0.25) is 0 Å². The lowest BCUT2D eigenvalue weighted by Gasteiger charge is -2.20. The molecule has 3 N–H and O–H groups in total. The zero-order valence-electron chi connectivity index (χ0n) is 18.0. The second kappa shape index (κ2) is 9.87. The maximum Gasteiger partial charge on any atom is 0.408 e. The number of carbonyl (C=O) groups excluding carboxylic acids is 2. The highest BCUT2D eigenvalue weighted by Gasteiger charge is 2.30. The van der Waals surface area contributed by atoms with E-state index >= 15 is 0 Å². The minimum Gasteiger partial charge on any atom is -0.481 e. The highest BCUT2D eigenvalue weighted by atomic mass is 32.1. The zero-order valence-corrected chi connectivity index (χ0v) is 18.8. The number of carbonyl (C=O) groups is 3. The third-order valence-corrected chi connectivity index (χ3v) is 6.50. The van der Waals surface area contributed by atoms with Crippen molar-refractivity contribution in [2.75, 3.05) is 6.61 Å². The first-order valence-electron chi connectivity index (χ1n) is 10.6. The molecule has 2 aromatic carbocycles. The lowest BCUT2D eigenvalue weighted by molar-refractivity contribution is -0.137. The van der Waals surface area contributed by atoms with Gasteiger partial charge in [-0.25, -0.2) is 4.79 Å². The van der Waals surface area contributed by atoms with Crippen molar-refractivity contribution in [3.05, 3.63) is 82.0 Å². The quantitative estimate of drug-likeness (QED) is 0.461. The van der Waals surface area contributed by atoms with Crippen LogP contribution < -0.4 is 10.6 Å². The zero-order chi connectivity index (χ0) is 23.4. The monoisotopic (exact) mass is 464 g/mol. The van der Waals surface area contributed by atoms with E-state index in [0.717, 1.165) is 22.3 Å². The van der Waals surface area contributed by atoms with Crippen LogP contribution in [0.25, 0.3) is 11.1 Å². The maximum atomic E-state index is 12.8. The summed E-state index contributed by atoms with van der Waals surface area (Å²) in [5, 5.41) is 16.0. The van der Waals surface area contributed by atoms with Crippen molar-refractivity contribution in [3.8, 4) is 11.1 Å². The van der Waals surface area contributed by atoms with Crippen LogP contribution in [0.3, 0.4) is 0 Å². The molecule has 1 unspecified atom stereocenters. The minimum absolute atomic E-state index is 0.0900. The molecule has 4 rings (SSSR count). The van der Waals surface area contributed by atoms with Crippen LogP contribution in [0.5, 0.6) is 0 Å². The van der Waals surface area contributed by atoms with E-state index < -0.39 is 30.1 Å². The topological polar surface area (TPSA) is 105 Å². The Bertz CT molecular complexity index is 1120. The number of amides is 2. The number of ether oxygens (including phenoxy) is 1. The Labute approximate surface area is 195 Å². The summed E-state index contributed by atoms with van der Waals surface area (Å²) in [5.74, 6) is -1.59. The number of benzene rings is 2. The van der Waals surface area contributed by atoms with Gasteiger partial charge in [-0.05, 0) is 40.6 Å². The van der Waals surface area contributed by atoms with Crippen LogP contribution in [-0.4, -0.2) is 35.7 Å². The number of alkyl carbamates (subject to hydrolysis) is 1. The molecule has 1 heterocycles. The van der Waals surface area contributed by atoms with E-state index in [0.29, 0.717) is 4.88 Å². The third kappa shape index (κ3) is 5.06. The molecule has 170 valence electrons. The van der Waals surface area contributed by atoms with E-state index in [2.05, 4.69) is 22.8 Å². The molecule has 8 heteroatoms. The van der Waals surface area contributed by atoms with Crippen LogP contribution in [0.15, 0.2) is 66.0 Å². The molecule has 0 saturated heterocycles. The van der Waals surface area contributed by atoms with Gasteiger partial charge in [0.05, 0.1) is 6.42 Å². The standard InChI is InChI=1S/C25H24N2O5S/c1-15(13-22(28)29)26-24(30)23(21-11-6-12-33-21)27-25(31)32-14-20-18-9-4-2-7-16(18)17-8-3-5-10-19(17)20/h2-12,15,20,23H,13-14H2,1H3,(H,26,30)(H,27,31)(H,28,29)/t15-,23?/m1/s1. The van der Waals surface area contributed by atoms with Crippen molar-refractivity contribution in [2.24, 2.45) is 0 Å². The first-order chi connectivity index (χ1) is 15.9. The fourth-order valence-corrected chi connectivity index (χ4v) is 4.89. The van der Waals surface area contributed by atoms with E-state index in [1.54, 1.807) is 24.4 Å².